The predicted octanol–water partition coefficient (Wildman–Crippen LogP) is 6.77. The minimum atomic E-state index is -0.365. The van der Waals surface area contributed by atoms with Gasteiger partial charge >= 0.3 is 0 Å². The number of amides is 1. The Hall–Kier alpha value is -2.80. The number of benzene rings is 2. The lowest BCUT2D eigenvalue weighted by molar-refractivity contribution is -0.115. The van der Waals surface area contributed by atoms with Gasteiger partial charge in [0.25, 0.3) is 0 Å². The molecule has 1 aliphatic heterocycles. The van der Waals surface area contributed by atoms with Crippen LogP contribution in [-0.2, 0) is 4.79 Å². The molecule has 3 aromatic rings. The zero-order chi connectivity index (χ0) is 23.2. The highest BCUT2D eigenvalue weighted by Gasteiger charge is 2.12. The number of hydrogen-bond donors (Lipinski definition) is 2. The lowest BCUT2D eigenvalue weighted by Gasteiger charge is -2.28. The highest BCUT2D eigenvalue weighted by molar-refractivity contribution is 7.80. The molecule has 5 nitrogen and oxygen atoms in total. The van der Waals surface area contributed by atoms with Crippen molar-refractivity contribution < 1.29 is 9.21 Å². The third-order valence-corrected chi connectivity index (χ3v) is 6.35. The monoisotopic (exact) mass is 499 g/mol. The Morgan fingerprint density at radius 3 is 2.52 bits per heavy atom. The molecule has 0 unspecified atom stereocenters. The van der Waals surface area contributed by atoms with Crippen LogP contribution in [0.4, 0.5) is 11.4 Å². The maximum atomic E-state index is 12.2. The number of carbonyl (C=O) groups is 1. The van der Waals surface area contributed by atoms with E-state index in [1.165, 1.54) is 31.0 Å². The molecule has 1 saturated heterocycles. The Morgan fingerprint density at radius 2 is 1.76 bits per heavy atom. The van der Waals surface area contributed by atoms with Gasteiger partial charge < -0.3 is 14.6 Å². The quantitative estimate of drug-likeness (QED) is 0.299. The van der Waals surface area contributed by atoms with Crippen LogP contribution in [0.1, 0.15) is 25.0 Å². The maximum absolute atomic E-state index is 12.2. The molecular weight excluding hydrogens is 477 g/mol. The van der Waals surface area contributed by atoms with Crippen LogP contribution in [0.15, 0.2) is 65.1 Å². The van der Waals surface area contributed by atoms with Gasteiger partial charge in [0, 0.05) is 36.1 Å². The van der Waals surface area contributed by atoms with E-state index in [0.717, 1.165) is 18.8 Å². The van der Waals surface area contributed by atoms with Gasteiger partial charge in [0.15, 0.2) is 5.11 Å². The SMILES string of the molecule is O=C(C=Cc1ccc(-c2cccc(Cl)c2Cl)o1)NC(=S)Nc1ccc(N2CCCCC2)cc1. The molecule has 0 radical (unpaired) electrons. The first-order valence-electron chi connectivity index (χ1n) is 10.7. The fourth-order valence-electron chi connectivity index (χ4n) is 3.66. The topological polar surface area (TPSA) is 57.5 Å². The minimum absolute atomic E-state index is 0.223. The highest BCUT2D eigenvalue weighted by Crippen LogP contribution is 2.34. The lowest BCUT2D eigenvalue weighted by Crippen LogP contribution is -2.32. The van der Waals surface area contributed by atoms with Crippen molar-refractivity contribution in [3.8, 4) is 11.3 Å². The molecule has 1 fully saturated rings. The molecule has 4 rings (SSSR count). The van der Waals surface area contributed by atoms with E-state index in [-0.39, 0.29) is 11.0 Å². The average Bonchev–Trinajstić information content (AvgIpc) is 3.29. The Kier molecular flexibility index (Phi) is 7.70. The summed E-state index contributed by atoms with van der Waals surface area (Å²) >= 11 is 17.6. The third kappa shape index (κ3) is 6.16. The molecule has 0 spiro atoms. The molecule has 33 heavy (non-hydrogen) atoms. The van der Waals surface area contributed by atoms with E-state index in [1.54, 1.807) is 30.3 Å². The summed E-state index contributed by atoms with van der Waals surface area (Å²) < 4.78 is 5.76. The number of halogens is 2. The second-order valence-electron chi connectivity index (χ2n) is 7.67. The molecule has 0 bridgehead atoms. The molecule has 1 amide bonds. The summed E-state index contributed by atoms with van der Waals surface area (Å²) in [6, 6.07) is 16.9. The minimum Gasteiger partial charge on any atom is -0.457 e. The van der Waals surface area contributed by atoms with Crippen LogP contribution in [0.3, 0.4) is 0 Å². The van der Waals surface area contributed by atoms with Crippen LogP contribution in [0.5, 0.6) is 0 Å². The van der Waals surface area contributed by atoms with E-state index in [2.05, 4.69) is 27.7 Å². The molecule has 1 aliphatic rings. The molecule has 0 aliphatic carbocycles. The van der Waals surface area contributed by atoms with Gasteiger partial charge in [-0.15, -0.1) is 0 Å². The van der Waals surface area contributed by atoms with Crippen LogP contribution < -0.4 is 15.5 Å². The van der Waals surface area contributed by atoms with E-state index in [0.29, 0.717) is 27.1 Å². The van der Waals surface area contributed by atoms with Crippen LogP contribution in [0, 0.1) is 0 Å². The first-order valence-corrected chi connectivity index (χ1v) is 11.9. The fraction of sp³-hybridized carbons (Fsp3) is 0.200. The smallest absolute Gasteiger partial charge is 0.250 e. The zero-order valence-corrected chi connectivity index (χ0v) is 20.1. The van der Waals surface area contributed by atoms with Gasteiger partial charge in [0.05, 0.1) is 10.0 Å². The average molecular weight is 500 g/mol. The number of piperidine rings is 1. The van der Waals surface area contributed by atoms with Crippen molar-refractivity contribution in [1.82, 2.24) is 5.32 Å². The van der Waals surface area contributed by atoms with Crippen molar-refractivity contribution in [3.05, 3.63) is 76.5 Å². The van der Waals surface area contributed by atoms with Crippen LogP contribution in [-0.4, -0.2) is 24.1 Å². The molecule has 2 aromatic carbocycles. The van der Waals surface area contributed by atoms with Gasteiger partial charge in [-0.1, -0.05) is 29.3 Å². The Morgan fingerprint density at radius 1 is 1.00 bits per heavy atom. The summed E-state index contributed by atoms with van der Waals surface area (Å²) in [6.07, 6.45) is 6.69. The highest BCUT2D eigenvalue weighted by atomic mass is 35.5. The molecule has 2 N–H and O–H groups in total. The molecular formula is C25H23Cl2N3O2S. The van der Waals surface area contributed by atoms with Gasteiger partial charge in [0.1, 0.15) is 11.5 Å². The summed E-state index contributed by atoms with van der Waals surface area (Å²) in [5.74, 6) is 0.701. The summed E-state index contributed by atoms with van der Waals surface area (Å²) in [5, 5.41) is 6.76. The lowest BCUT2D eigenvalue weighted by atomic mass is 10.1. The van der Waals surface area contributed by atoms with E-state index in [4.69, 9.17) is 39.8 Å². The fourth-order valence-corrected chi connectivity index (χ4v) is 4.27. The Bertz CT molecular complexity index is 1170. The number of anilines is 2. The predicted molar refractivity (Wildman–Crippen MR) is 140 cm³/mol. The normalized spacial score (nSPS) is 13.8. The van der Waals surface area contributed by atoms with Crippen LogP contribution in [0.2, 0.25) is 10.0 Å². The van der Waals surface area contributed by atoms with Gasteiger partial charge in [-0.3, -0.25) is 10.1 Å². The van der Waals surface area contributed by atoms with Crippen molar-refractivity contribution >= 4 is 63.9 Å². The summed E-state index contributed by atoms with van der Waals surface area (Å²) in [6.45, 7) is 2.19. The summed E-state index contributed by atoms with van der Waals surface area (Å²) in [7, 11) is 0. The molecule has 2 heterocycles. The first kappa shape index (κ1) is 23.4. The molecule has 1 aromatic heterocycles. The van der Waals surface area contributed by atoms with Crippen molar-refractivity contribution in [1.29, 1.82) is 0 Å². The number of thiocarbonyl (C=S) groups is 1. The standard InChI is InChI=1S/C25H23Cl2N3O2S/c26-21-6-4-5-20(24(21)27)22-13-11-19(32-22)12-14-23(31)29-25(33)28-17-7-9-18(10-8-17)30-15-2-1-3-16-30/h4-14H,1-3,15-16H2,(H2,28,29,31,33). The Balaban J connectivity index is 1.30. The number of rotatable bonds is 5. The van der Waals surface area contributed by atoms with Crippen molar-refractivity contribution in [3.63, 3.8) is 0 Å². The molecule has 0 saturated carbocycles. The van der Waals surface area contributed by atoms with Gasteiger partial charge in [-0.25, -0.2) is 0 Å². The van der Waals surface area contributed by atoms with Crippen molar-refractivity contribution in [2.75, 3.05) is 23.3 Å². The zero-order valence-electron chi connectivity index (χ0n) is 17.8. The number of nitrogens with one attached hydrogen (secondary N) is 2. The summed E-state index contributed by atoms with van der Waals surface area (Å²) in [5.41, 5.74) is 2.71. The first-order chi connectivity index (χ1) is 16.0. The van der Waals surface area contributed by atoms with Gasteiger partial charge in [-0.05, 0) is 86.1 Å². The molecule has 8 heteroatoms. The largest absolute Gasteiger partial charge is 0.457 e. The number of furan rings is 1. The number of hydrogen-bond acceptors (Lipinski definition) is 4. The van der Waals surface area contributed by atoms with Gasteiger partial charge in [-0.2, -0.15) is 0 Å². The summed E-state index contributed by atoms with van der Waals surface area (Å²) in [4.78, 5) is 14.6. The van der Waals surface area contributed by atoms with E-state index in [1.807, 2.05) is 18.2 Å². The number of carbonyl (C=O) groups excluding carboxylic acids is 1. The van der Waals surface area contributed by atoms with Crippen molar-refractivity contribution in [2.45, 2.75) is 19.3 Å². The van der Waals surface area contributed by atoms with Crippen LogP contribution in [0.25, 0.3) is 17.4 Å². The molecule has 170 valence electrons. The number of nitrogens with zero attached hydrogens (tertiary/aromatic N) is 1. The Labute approximate surface area is 208 Å². The van der Waals surface area contributed by atoms with E-state index in [9.17, 15) is 4.79 Å². The van der Waals surface area contributed by atoms with Crippen LogP contribution >= 0.6 is 35.4 Å². The van der Waals surface area contributed by atoms with E-state index >= 15 is 0 Å². The maximum Gasteiger partial charge on any atom is 0.250 e. The molecule has 0 atom stereocenters. The third-order valence-electron chi connectivity index (χ3n) is 5.33. The van der Waals surface area contributed by atoms with Gasteiger partial charge in [0.2, 0.25) is 5.91 Å². The second-order valence-corrected chi connectivity index (χ2v) is 8.87. The second kappa shape index (κ2) is 10.9. The van der Waals surface area contributed by atoms with Crippen molar-refractivity contribution in [2.24, 2.45) is 0 Å². The van der Waals surface area contributed by atoms with E-state index < -0.39 is 0 Å².